The van der Waals surface area contributed by atoms with E-state index in [-0.39, 0.29) is 17.5 Å². The van der Waals surface area contributed by atoms with Crippen molar-refractivity contribution in [3.8, 4) is 5.75 Å². The minimum Gasteiger partial charge on any atom is -0.493 e. The van der Waals surface area contributed by atoms with Gasteiger partial charge in [0.05, 0.1) is 7.11 Å². The Balaban J connectivity index is 1.70. The zero-order valence-electron chi connectivity index (χ0n) is 17.0. The predicted molar refractivity (Wildman–Crippen MR) is 104 cm³/mol. The summed E-state index contributed by atoms with van der Waals surface area (Å²) in [7, 11) is 1.57. The monoisotopic (exact) mass is 418 g/mol. The number of hydrogen-bond donors (Lipinski definition) is 0. The van der Waals surface area contributed by atoms with Crippen molar-refractivity contribution in [1.29, 1.82) is 0 Å². The second-order valence-electron chi connectivity index (χ2n) is 7.61. The maximum atomic E-state index is 13.5. The number of methoxy groups -OCH3 is 1. The average molecular weight is 418 g/mol. The summed E-state index contributed by atoms with van der Waals surface area (Å²) in [5.41, 5.74) is 1.09. The van der Waals surface area contributed by atoms with Crippen molar-refractivity contribution in [3.05, 3.63) is 53.4 Å². The fourth-order valence-corrected chi connectivity index (χ4v) is 3.39. The summed E-state index contributed by atoms with van der Waals surface area (Å²) >= 11 is 0. The first kappa shape index (κ1) is 20.1. The molecule has 0 radical (unpaired) electrons. The van der Waals surface area contributed by atoms with Gasteiger partial charge >= 0.3 is 6.18 Å². The minimum atomic E-state index is -4.52. The van der Waals surface area contributed by atoms with Gasteiger partial charge in [0.1, 0.15) is 11.9 Å². The number of ether oxygens (including phenoxy) is 1. The van der Waals surface area contributed by atoms with Crippen LogP contribution in [0.5, 0.6) is 5.75 Å². The molecule has 0 saturated heterocycles. The summed E-state index contributed by atoms with van der Waals surface area (Å²) in [5, 5.41) is 8.40. The van der Waals surface area contributed by atoms with Crippen LogP contribution in [0.2, 0.25) is 0 Å². The Hall–Kier alpha value is -3.17. The summed E-state index contributed by atoms with van der Waals surface area (Å²) in [6.07, 6.45) is 0.412. The van der Waals surface area contributed by atoms with E-state index in [1.165, 1.54) is 0 Å². The standard InChI is InChI=1S/C20H21F3N6O/c1-11(2)13-7-16(30-4)19-26-17(27-29(19)8-13)5-12(3)14-6-15(20(21,22)23)18-24-10-25-28(18)9-14/h6-12H,5H2,1-4H3. The lowest BCUT2D eigenvalue weighted by molar-refractivity contribution is -0.136. The number of fused-ring (bicyclic) bond motifs is 2. The van der Waals surface area contributed by atoms with Crippen molar-refractivity contribution in [3.63, 3.8) is 0 Å². The van der Waals surface area contributed by atoms with Crippen LogP contribution in [0.1, 0.15) is 55.1 Å². The number of alkyl halides is 3. The molecule has 0 bridgehead atoms. The minimum absolute atomic E-state index is 0.213. The van der Waals surface area contributed by atoms with E-state index in [1.54, 1.807) is 17.8 Å². The molecule has 158 valence electrons. The smallest absolute Gasteiger partial charge is 0.420 e. The molecule has 0 N–H and O–H groups in total. The molecule has 1 atom stereocenters. The highest BCUT2D eigenvalue weighted by molar-refractivity contribution is 5.55. The molecule has 0 spiro atoms. The Morgan fingerprint density at radius 3 is 2.43 bits per heavy atom. The van der Waals surface area contributed by atoms with Gasteiger partial charge in [0.2, 0.25) is 0 Å². The van der Waals surface area contributed by atoms with Gasteiger partial charge in [-0.2, -0.15) is 23.4 Å². The molecule has 0 aliphatic heterocycles. The maximum absolute atomic E-state index is 13.5. The molecule has 0 fully saturated rings. The van der Waals surface area contributed by atoms with Gasteiger partial charge in [-0.05, 0) is 35.1 Å². The van der Waals surface area contributed by atoms with E-state index >= 15 is 0 Å². The van der Waals surface area contributed by atoms with Gasteiger partial charge in [-0.15, -0.1) is 0 Å². The summed E-state index contributed by atoms with van der Waals surface area (Å²) < 4.78 is 48.7. The van der Waals surface area contributed by atoms with E-state index in [0.29, 0.717) is 29.2 Å². The molecule has 4 aromatic heterocycles. The quantitative estimate of drug-likeness (QED) is 0.484. The third-order valence-electron chi connectivity index (χ3n) is 5.11. The van der Waals surface area contributed by atoms with Gasteiger partial charge in [0, 0.05) is 18.8 Å². The van der Waals surface area contributed by atoms with Crippen molar-refractivity contribution >= 4 is 11.3 Å². The number of aromatic nitrogens is 6. The fraction of sp³-hybridized carbons (Fsp3) is 0.400. The fourth-order valence-electron chi connectivity index (χ4n) is 3.39. The SMILES string of the molecule is COc1cc(C(C)C)cn2nc(CC(C)c3cc(C(F)(F)F)c4ncnn4c3)nc12. The van der Waals surface area contributed by atoms with Gasteiger partial charge < -0.3 is 4.74 Å². The molecule has 4 rings (SSSR count). The second-order valence-corrected chi connectivity index (χ2v) is 7.61. The summed E-state index contributed by atoms with van der Waals surface area (Å²) in [5.74, 6) is 1.14. The largest absolute Gasteiger partial charge is 0.493 e. The van der Waals surface area contributed by atoms with Crippen LogP contribution in [0.25, 0.3) is 11.3 Å². The van der Waals surface area contributed by atoms with Gasteiger partial charge in [0.15, 0.2) is 22.9 Å². The molecule has 1 unspecified atom stereocenters. The van der Waals surface area contributed by atoms with Crippen molar-refractivity contribution in [2.75, 3.05) is 7.11 Å². The average Bonchev–Trinajstić information content (AvgIpc) is 3.31. The third-order valence-corrected chi connectivity index (χ3v) is 5.11. The molecular weight excluding hydrogens is 397 g/mol. The molecule has 30 heavy (non-hydrogen) atoms. The summed E-state index contributed by atoms with van der Waals surface area (Å²) in [6, 6.07) is 3.05. The molecule has 10 heteroatoms. The zero-order chi connectivity index (χ0) is 21.6. The Labute approximate surface area is 170 Å². The Kier molecular flexibility index (Phi) is 4.87. The number of pyridine rings is 2. The molecular formula is C20H21F3N6O. The summed E-state index contributed by atoms with van der Waals surface area (Å²) in [6.45, 7) is 5.97. The maximum Gasteiger partial charge on any atom is 0.420 e. The summed E-state index contributed by atoms with van der Waals surface area (Å²) in [4.78, 5) is 8.27. The van der Waals surface area contributed by atoms with Crippen molar-refractivity contribution in [2.24, 2.45) is 0 Å². The number of hydrogen-bond acceptors (Lipinski definition) is 5. The number of nitrogens with zero attached hydrogens (tertiary/aromatic N) is 6. The van der Waals surface area contributed by atoms with Crippen LogP contribution in [0.3, 0.4) is 0 Å². The van der Waals surface area contributed by atoms with E-state index in [2.05, 4.69) is 34.0 Å². The van der Waals surface area contributed by atoms with Crippen molar-refractivity contribution in [2.45, 2.75) is 45.2 Å². The van der Waals surface area contributed by atoms with Crippen LogP contribution >= 0.6 is 0 Å². The van der Waals surface area contributed by atoms with E-state index < -0.39 is 11.7 Å². The zero-order valence-corrected chi connectivity index (χ0v) is 17.0. The molecule has 4 heterocycles. The highest BCUT2D eigenvalue weighted by atomic mass is 19.4. The lowest BCUT2D eigenvalue weighted by Crippen LogP contribution is -2.11. The first-order valence-corrected chi connectivity index (χ1v) is 9.51. The van der Waals surface area contributed by atoms with Crippen molar-refractivity contribution in [1.82, 2.24) is 29.2 Å². The van der Waals surface area contributed by atoms with Crippen LogP contribution in [0.15, 0.2) is 30.9 Å². The van der Waals surface area contributed by atoms with Gasteiger partial charge in [0.25, 0.3) is 0 Å². The second kappa shape index (κ2) is 7.26. The lowest BCUT2D eigenvalue weighted by atomic mass is 9.97. The molecule has 0 aromatic carbocycles. The van der Waals surface area contributed by atoms with E-state index in [9.17, 15) is 13.2 Å². The molecule has 0 amide bonds. The Bertz CT molecular complexity index is 1210. The molecule has 0 saturated carbocycles. The molecule has 0 aliphatic rings. The van der Waals surface area contributed by atoms with Crippen LogP contribution in [-0.2, 0) is 12.6 Å². The predicted octanol–water partition coefficient (Wildman–Crippen LogP) is 4.27. The first-order valence-electron chi connectivity index (χ1n) is 9.51. The van der Waals surface area contributed by atoms with Gasteiger partial charge in [-0.3, -0.25) is 0 Å². The van der Waals surface area contributed by atoms with E-state index in [4.69, 9.17) is 4.74 Å². The molecule has 4 aromatic rings. The number of rotatable bonds is 5. The normalized spacial score (nSPS) is 13.5. The van der Waals surface area contributed by atoms with Gasteiger partial charge in [-0.25, -0.2) is 19.0 Å². The van der Waals surface area contributed by atoms with Crippen LogP contribution in [0, 0.1) is 0 Å². The molecule has 0 aliphatic carbocycles. The van der Waals surface area contributed by atoms with Gasteiger partial charge in [-0.1, -0.05) is 20.8 Å². The van der Waals surface area contributed by atoms with E-state index in [1.807, 2.05) is 19.2 Å². The first-order chi connectivity index (χ1) is 14.2. The van der Waals surface area contributed by atoms with Crippen LogP contribution in [-0.4, -0.2) is 36.3 Å². The highest BCUT2D eigenvalue weighted by Gasteiger charge is 2.35. The lowest BCUT2D eigenvalue weighted by Gasteiger charge is -2.14. The van der Waals surface area contributed by atoms with E-state index in [0.717, 1.165) is 22.5 Å². The van der Waals surface area contributed by atoms with Crippen molar-refractivity contribution < 1.29 is 17.9 Å². The highest BCUT2D eigenvalue weighted by Crippen LogP contribution is 2.34. The Morgan fingerprint density at radius 1 is 1.03 bits per heavy atom. The van der Waals surface area contributed by atoms with Crippen LogP contribution < -0.4 is 4.74 Å². The third kappa shape index (κ3) is 3.57. The molecule has 7 nitrogen and oxygen atoms in total. The number of halogens is 3. The Morgan fingerprint density at radius 2 is 1.77 bits per heavy atom. The topological polar surface area (TPSA) is 69.6 Å². The van der Waals surface area contributed by atoms with Crippen LogP contribution in [0.4, 0.5) is 13.2 Å².